The average Bonchev–Trinajstić information content (AvgIpc) is 3.26. The number of methoxy groups -OCH3 is 1. The standard InChI is InChI=1S/C28H33N5O7/c1-17(2)14-18-8-6-9-19-15-20(33(24(18)19)28(38)39)16-32-13-7-11-22(26(32)36)30-25(35)21(31-27(37)40-3)10-4-5-12-23(29)34/h5-9,11-13,15,17,21H,4,10,14,16H2,1-3H3,(H2,29,34)(H,30,35)(H,31,37)(H,38,39)/b12-5+/t21-/m0/s1. The van der Waals surface area contributed by atoms with Gasteiger partial charge in [0.1, 0.15) is 11.7 Å². The summed E-state index contributed by atoms with van der Waals surface area (Å²) < 4.78 is 7.07. The van der Waals surface area contributed by atoms with E-state index >= 15 is 0 Å². The van der Waals surface area contributed by atoms with Crippen LogP contribution in [-0.2, 0) is 27.3 Å². The van der Waals surface area contributed by atoms with Crippen molar-refractivity contribution in [2.45, 2.75) is 45.7 Å². The maximum atomic E-state index is 13.3. The minimum Gasteiger partial charge on any atom is -0.464 e. The van der Waals surface area contributed by atoms with E-state index in [1.54, 1.807) is 12.1 Å². The first-order valence-corrected chi connectivity index (χ1v) is 12.7. The number of rotatable bonds is 11. The minimum atomic E-state index is -1.17. The van der Waals surface area contributed by atoms with Crippen molar-refractivity contribution < 1.29 is 29.0 Å². The van der Waals surface area contributed by atoms with E-state index in [9.17, 15) is 29.1 Å². The van der Waals surface area contributed by atoms with E-state index in [2.05, 4.69) is 29.2 Å². The van der Waals surface area contributed by atoms with Crippen molar-refractivity contribution in [3.05, 3.63) is 76.4 Å². The van der Waals surface area contributed by atoms with Crippen LogP contribution < -0.4 is 21.9 Å². The zero-order valence-corrected chi connectivity index (χ0v) is 22.5. The predicted octanol–water partition coefficient (Wildman–Crippen LogP) is 3.06. The van der Waals surface area contributed by atoms with Gasteiger partial charge in [0.2, 0.25) is 11.8 Å². The molecule has 5 N–H and O–H groups in total. The monoisotopic (exact) mass is 551 g/mol. The SMILES string of the molecule is COC(=O)N[C@@H](CC/C=C/C(N)=O)C(=O)Nc1cccn(Cc2cc3cccc(CC(C)C)c3n2C(=O)O)c1=O. The van der Waals surface area contributed by atoms with Crippen molar-refractivity contribution in [3.8, 4) is 0 Å². The number of carbonyl (C=O) groups is 4. The molecule has 40 heavy (non-hydrogen) atoms. The van der Waals surface area contributed by atoms with Gasteiger partial charge in [-0.05, 0) is 55.0 Å². The summed E-state index contributed by atoms with van der Waals surface area (Å²) in [6.07, 6.45) is 3.12. The van der Waals surface area contributed by atoms with Crippen molar-refractivity contribution in [1.82, 2.24) is 14.5 Å². The van der Waals surface area contributed by atoms with Gasteiger partial charge in [-0.15, -0.1) is 0 Å². The second-order valence-electron chi connectivity index (χ2n) is 9.62. The maximum absolute atomic E-state index is 13.3. The van der Waals surface area contributed by atoms with Crippen LogP contribution in [0.3, 0.4) is 0 Å². The number of primary amides is 1. The molecule has 12 nitrogen and oxygen atoms in total. The molecule has 0 spiro atoms. The summed E-state index contributed by atoms with van der Waals surface area (Å²) in [6.45, 7) is 4.04. The number of para-hydroxylation sites is 1. The maximum Gasteiger partial charge on any atom is 0.416 e. The molecular formula is C28H33N5O7. The molecule has 2 heterocycles. The number of nitrogens with zero attached hydrogens (tertiary/aromatic N) is 2. The number of benzene rings is 1. The molecule has 1 aromatic carbocycles. The van der Waals surface area contributed by atoms with Crippen LogP contribution in [0.25, 0.3) is 10.9 Å². The average molecular weight is 552 g/mol. The molecule has 0 unspecified atom stereocenters. The van der Waals surface area contributed by atoms with E-state index in [1.165, 1.54) is 27.5 Å². The Bertz CT molecular complexity index is 1500. The molecule has 0 saturated heterocycles. The summed E-state index contributed by atoms with van der Waals surface area (Å²) in [4.78, 5) is 61.2. The van der Waals surface area contributed by atoms with Gasteiger partial charge >= 0.3 is 12.2 Å². The van der Waals surface area contributed by atoms with Crippen LogP contribution >= 0.6 is 0 Å². The molecule has 0 radical (unpaired) electrons. The van der Waals surface area contributed by atoms with Gasteiger partial charge in [0.15, 0.2) is 0 Å². The van der Waals surface area contributed by atoms with Gasteiger partial charge in [0.25, 0.3) is 5.56 Å². The van der Waals surface area contributed by atoms with Crippen LogP contribution in [-0.4, -0.2) is 51.4 Å². The smallest absolute Gasteiger partial charge is 0.416 e. The fraction of sp³-hybridized carbons (Fsp3) is 0.321. The number of fused-ring (bicyclic) bond motifs is 1. The van der Waals surface area contributed by atoms with E-state index in [0.717, 1.165) is 24.1 Å². The van der Waals surface area contributed by atoms with Crippen molar-refractivity contribution in [2.24, 2.45) is 11.7 Å². The van der Waals surface area contributed by atoms with Gasteiger partial charge in [-0.25, -0.2) is 14.2 Å². The van der Waals surface area contributed by atoms with Gasteiger partial charge in [0, 0.05) is 11.6 Å². The number of amides is 3. The molecule has 0 saturated carbocycles. The van der Waals surface area contributed by atoms with Gasteiger partial charge in [0.05, 0.1) is 24.9 Å². The van der Waals surface area contributed by atoms with Crippen molar-refractivity contribution >= 4 is 40.6 Å². The minimum absolute atomic E-state index is 0.0599. The summed E-state index contributed by atoms with van der Waals surface area (Å²) in [6, 6.07) is 9.22. The molecule has 3 aromatic rings. The summed E-state index contributed by atoms with van der Waals surface area (Å²) >= 11 is 0. The molecular weight excluding hydrogens is 518 g/mol. The topological polar surface area (TPSA) is 175 Å². The number of nitrogens with two attached hydrogens (primary N) is 1. The number of allylic oxidation sites excluding steroid dienone is 1. The number of aromatic nitrogens is 2. The number of hydrogen-bond acceptors (Lipinski definition) is 6. The Labute approximate surface area is 230 Å². The molecule has 0 aliphatic rings. The highest BCUT2D eigenvalue weighted by molar-refractivity contribution is 5.96. The van der Waals surface area contributed by atoms with E-state index in [0.29, 0.717) is 23.5 Å². The molecule has 2 aromatic heterocycles. The highest BCUT2D eigenvalue weighted by Crippen LogP contribution is 2.26. The Kier molecular flexibility index (Phi) is 9.85. The molecule has 3 rings (SSSR count). The summed E-state index contributed by atoms with van der Waals surface area (Å²) in [5.74, 6) is -1.01. The van der Waals surface area contributed by atoms with Crippen LogP contribution in [0.5, 0.6) is 0 Å². The Hall–Kier alpha value is -4.87. The number of pyridine rings is 1. The largest absolute Gasteiger partial charge is 0.464 e. The number of carboxylic acid groups (broad SMARTS) is 1. The van der Waals surface area contributed by atoms with Crippen molar-refractivity contribution in [2.75, 3.05) is 12.4 Å². The highest BCUT2D eigenvalue weighted by Gasteiger charge is 2.23. The van der Waals surface area contributed by atoms with Crippen LogP contribution in [0.4, 0.5) is 15.3 Å². The van der Waals surface area contributed by atoms with E-state index < -0.39 is 35.6 Å². The second kappa shape index (κ2) is 13.3. The lowest BCUT2D eigenvalue weighted by molar-refractivity contribution is -0.118. The molecule has 3 amide bonds. The first-order valence-electron chi connectivity index (χ1n) is 12.7. The molecule has 0 aliphatic carbocycles. The zero-order chi connectivity index (χ0) is 29.4. The van der Waals surface area contributed by atoms with Gasteiger partial charge in [-0.1, -0.05) is 38.1 Å². The Morgan fingerprint density at radius 3 is 2.55 bits per heavy atom. The van der Waals surface area contributed by atoms with Gasteiger partial charge in [-0.3, -0.25) is 14.4 Å². The second-order valence-corrected chi connectivity index (χ2v) is 9.62. The third kappa shape index (κ3) is 7.37. The van der Waals surface area contributed by atoms with E-state index in [4.69, 9.17) is 5.73 Å². The molecule has 0 aliphatic heterocycles. The Morgan fingerprint density at radius 1 is 1.15 bits per heavy atom. The Balaban J connectivity index is 1.90. The first-order chi connectivity index (χ1) is 19.0. The first kappa shape index (κ1) is 29.7. The van der Waals surface area contributed by atoms with E-state index in [1.807, 2.05) is 18.2 Å². The molecule has 12 heteroatoms. The van der Waals surface area contributed by atoms with Gasteiger partial charge in [-0.2, -0.15) is 0 Å². The predicted molar refractivity (Wildman–Crippen MR) is 149 cm³/mol. The lowest BCUT2D eigenvalue weighted by atomic mass is 10.0. The third-order valence-corrected chi connectivity index (χ3v) is 6.11. The highest BCUT2D eigenvalue weighted by atomic mass is 16.5. The van der Waals surface area contributed by atoms with Crippen molar-refractivity contribution in [3.63, 3.8) is 0 Å². The molecule has 0 bridgehead atoms. The normalized spacial score (nSPS) is 12.0. The van der Waals surface area contributed by atoms with Crippen LogP contribution in [0.15, 0.2) is 59.5 Å². The number of nitrogens with one attached hydrogen (secondary N) is 2. The fourth-order valence-electron chi connectivity index (χ4n) is 4.41. The summed E-state index contributed by atoms with van der Waals surface area (Å²) in [5.41, 5.74) is 6.30. The van der Waals surface area contributed by atoms with Gasteiger partial charge < -0.3 is 30.8 Å². The Morgan fingerprint density at radius 2 is 1.90 bits per heavy atom. The van der Waals surface area contributed by atoms with Crippen LogP contribution in [0.1, 0.15) is 37.9 Å². The lowest BCUT2D eigenvalue weighted by Gasteiger charge is -2.17. The molecule has 0 fully saturated rings. The van der Waals surface area contributed by atoms with Crippen LogP contribution in [0, 0.1) is 5.92 Å². The molecule has 1 atom stereocenters. The lowest BCUT2D eigenvalue weighted by Crippen LogP contribution is -2.44. The number of hydrogen-bond donors (Lipinski definition) is 4. The summed E-state index contributed by atoms with van der Waals surface area (Å²) in [7, 11) is 1.15. The quantitative estimate of drug-likeness (QED) is 0.265. The zero-order valence-electron chi connectivity index (χ0n) is 22.5. The van der Waals surface area contributed by atoms with E-state index in [-0.39, 0.29) is 25.1 Å². The fourth-order valence-corrected chi connectivity index (χ4v) is 4.41. The number of anilines is 1. The number of carbonyl (C=O) groups excluding carboxylic acids is 3. The summed E-state index contributed by atoms with van der Waals surface area (Å²) in [5, 5.41) is 15.7. The number of alkyl carbamates (subject to hydrolysis) is 1. The van der Waals surface area contributed by atoms with Crippen LogP contribution in [0.2, 0.25) is 0 Å². The molecule has 212 valence electrons. The van der Waals surface area contributed by atoms with Crippen molar-refractivity contribution in [1.29, 1.82) is 0 Å². The third-order valence-electron chi connectivity index (χ3n) is 6.11. The number of ether oxygens (including phenoxy) is 1.